The van der Waals surface area contributed by atoms with Crippen LogP contribution in [0.3, 0.4) is 0 Å². The number of rotatable bonds is 8. The number of halogens is 1. The maximum Gasteiger partial charge on any atom is 0.130 e. The molecule has 0 saturated heterocycles. The summed E-state index contributed by atoms with van der Waals surface area (Å²) < 4.78 is 12.6. The Morgan fingerprint density at radius 2 is 1.95 bits per heavy atom. The first-order valence-corrected chi connectivity index (χ1v) is 8.09. The van der Waals surface area contributed by atoms with Gasteiger partial charge in [0.25, 0.3) is 0 Å². The van der Waals surface area contributed by atoms with Gasteiger partial charge in [0.1, 0.15) is 18.1 Å². The Morgan fingerprint density at radius 3 is 2.67 bits per heavy atom. The van der Waals surface area contributed by atoms with Crippen molar-refractivity contribution in [3.8, 4) is 0 Å². The molecular weight excluding hydrogens is 330 g/mol. The number of ether oxygens (including phenoxy) is 1. The second kappa shape index (κ2) is 8.37. The van der Waals surface area contributed by atoms with Crippen molar-refractivity contribution in [2.75, 3.05) is 6.54 Å². The van der Waals surface area contributed by atoms with E-state index >= 15 is 0 Å². The Morgan fingerprint density at radius 1 is 1.19 bits per heavy atom. The summed E-state index contributed by atoms with van der Waals surface area (Å²) in [7, 11) is 0. The van der Waals surface area contributed by atoms with Gasteiger partial charge in [0.05, 0.1) is 13.2 Å². The van der Waals surface area contributed by atoms with Gasteiger partial charge in [0.2, 0.25) is 0 Å². The number of benzene rings is 1. The van der Waals surface area contributed by atoms with Crippen molar-refractivity contribution in [1.82, 2.24) is 5.32 Å². The molecule has 0 aliphatic carbocycles. The maximum atomic E-state index is 5.82. The van der Waals surface area contributed by atoms with Gasteiger partial charge in [-0.25, -0.2) is 0 Å². The van der Waals surface area contributed by atoms with Crippen molar-refractivity contribution < 1.29 is 9.15 Å². The van der Waals surface area contributed by atoms with Gasteiger partial charge in [-0.15, -0.1) is 0 Å². The third-order valence-corrected chi connectivity index (χ3v) is 3.74. The van der Waals surface area contributed by atoms with E-state index in [4.69, 9.17) is 9.15 Å². The van der Waals surface area contributed by atoms with Crippen LogP contribution in [0.15, 0.2) is 39.2 Å². The summed E-state index contributed by atoms with van der Waals surface area (Å²) in [5.41, 5.74) is 2.34. The zero-order chi connectivity index (χ0) is 15.1. The van der Waals surface area contributed by atoms with Crippen LogP contribution in [-0.2, 0) is 24.5 Å². The lowest BCUT2D eigenvalue weighted by molar-refractivity contribution is 0.0920. The molecule has 2 aromatic rings. The van der Waals surface area contributed by atoms with E-state index in [9.17, 15) is 0 Å². The average Bonchev–Trinajstić information content (AvgIpc) is 2.82. The van der Waals surface area contributed by atoms with E-state index in [1.165, 1.54) is 5.56 Å². The maximum absolute atomic E-state index is 5.82. The van der Waals surface area contributed by atoms with Crippen LogP contribution in [0.4, 0.5) is 0 Å². The molecule has 2 rings (SSSR count). The van der Waals surface area contributed by atoms with Crippen LogP contribution < -0.4 is 5.32 Å². The van der Waals surface area contributed by atoms with Gasteiger partial charge in [-0.2, -0.15) is 0 Å². The third kappa shape index (κ3) is 5.30. The van der Waals surface area contributed by atoms with Gasteiger partial charge in [-0.3, -0.25) is 0 Å². The van der Waals surface area contributed by atoms with Crippen molar-refractivity contribution in [3.63, 3.8) is 0 Å². The van der Waals surface area contributed by atoms with Gasteiger partial charge in [0.15, 0.2) is 0 Å². The molecule has 0 radical (unpaired) electrons. The smallest absolute Gasteiger partial charge is 0.130 e. The van der Waals surface area contributed by atoms with Crippen molar-refractivity contribution in [2.45, 2.75) is 40.0 Å². The van der Waals surface area contributed by atoms with Gasteiger partial charge < -0.3 is 14.5 Å². The minimum Gasteiger partial charge on any atom is -0.462 e. The van der Waals surface area contributed by atoms with E-state index in [1.54, 1.807) is 0 Å². The molecule has 0 aliphatic heterocycles. The average molecular weight is 352 g/mol. The third-order valence-electron chi connectivity index (χ3n) is 3.21. The molecule has 0 spiro atoms. The number of aryl methyl sites for hydroxylation is 1. The Kier molecular flexibility index (Phi) is 6.49. The van der Waals surface area contributed by atoms with Crippen LogP contribution >= 0.6 is 15.9 Å². The van der Waals surface area contributed by atoms with Crippen LogP contribution in [0, 0.1) is 6.92 Å². The lowest BCUT2D eigenvalue weighted by Gasteiger charge is -2.03. The molecule has 1 N–H and O–H groups in total. The summed E-state index contributed by atoms with van der Waals surface area (Å²) in [6, 6.07) is 10.2. The standard InChI is InChI=1S/C17H22BrNO2/c1-3-8-19-10-17-13(2)9-16(21-17)12-20-11-14-4-6-15(18)7-5-14/h4-7,9,19H,3,8,10-12H2,1-2H3. The van der Waals surface area contributed by atoms with E-state index in [1.807, 2.05) is 12.1 Å². The first-order valence-electron chi connectivity index (χ1n) is 7.30. The van der Waals surface area contributed by atoms with Gasteiger partial charge in [-0.1, -0.05) is 35.0 Å². The van der Waals surface area contributed by atoms with Crippen LogP contribution in [0.25, 0.3) is 0 Å². The molecule has 1 heterocycles. The first-order chi connectivity index (χ1) is 10.2. The second-order valence-electron chi connectivity index (χ2n) is 5.11. The summed E-state index contributed by atoms with van der Waals surface area (Å²) in [4.78, 5) is 0. The minimum atomic E-state index is 0.505. The molecule has 21 heavy (non-hydrogen) atoms. The lowest BCUT2D eigenvalue weighted by atomic mass is 10.2. The predicted octanol–water partition coefficient (Wildman–Crippen LogP) is 4.57. The van der Waals surface area contributed by atoms with Crippen LogP contribution in [0.2, 0.25) is 0 Å². The van der Waals surface area contributed by atoms with Crippen LogP contribution in [0.5, 0.6) is 0 Å². The van der Waals surface area contributed by atoms with E-state index in [2.05, 4.69) is 53.3 Å². The summed E-state index contributed by atoms with van der Waals surface area (Å²) in [5, 5.41) is 3.35. The highest BCUT2D eigenvalue weighted by Crippen LogP contribution is 2.16. The number of hydrogen-bond acceptors (Lipinski definition) is 3. The Hall–Kier alpha value is -1.10. The van der Waals surface area contributed by atoms with Gasteiger partial charge >= 0.3 is 0 Å². The molecule has 0 fully saturated rings. The van der Waals surface area contributed by atoms with Crippen LogP contribution in [-0.4, -0.2) is 6.54 Å². The zero-order valence-corrected chi connectivity index (χ0v) is 14.2. The molecule has 0 amide bonds. The van der Waals surface area contributed by atoms with Crippen LogP contribution in [0.1, 0.15) is 36.0 Å². The normalized spacial score (nSPS) is 11.0. The topological polar surface area (TPSA) is 34.4 Å². The summed E-state index contributed by atoms with van der Waals surface area (Å²) in [6.45, 7) is 7.12. The van der Waals surface area contributed by atoms with E-state index in [0.717, 1.165) is 41.1 Å². The molecule has 0 saturated carbocycles. The van der Waals surface area contributed by atoms with Crippen molar-refractivity contribution in [1.29, 1.82) is 0 Å². The highest BCUT2D eigenvalue weighted by atomic mass is 79.9. The second-order valence-corrected chi connectivity index (χ2v) is 6.03. The van der Waals surface area contributed by atoms with E-state index in [0.29, 0.717) is 13.2 Å². The molecule has 0 atom stereocenters. The summed E-state index contributed by atoms with van der Waals surface area (Å²) in [6.07, 6.45) is 1.13. The number of nitrogens with one attached hydrogen (secondary N) is 1. The Labute approximate surface area is 134 Å². The Balaban J connectivity index is 1.80. The SMILES string of the molecule is CCCNCc1oc(COCc2ccc(Br)cc2)cc1C. The molecule has 1 aromatic carbocycles. The predicted molar refractivity (Wildman–Crippen MR) is 88.1 cm³/mol. The van der Waals surface area contributed by atoms with E-state index < -0.39 is 0 Å². The minimum absolute atomic E-state index is 0.505. The molecule has 0 bridgehead atoms. The first kappa shape index (κ1) is 16.3. The van der Waals surface area contributed by atoms with E-state index in [-0.39, 0.29) is 0 Å². The molecule has 0 unspecified atom stereocenters. The molecule has 4 heteroatoms. The Bertz CT molecular complexity index is 548. The molecule has 114 valence electrons. The highest BCUT2D eigenvalue weighted by Gasteiger charge is 2.07. The summed E-state index contributed by atoms with van der Waals surface area (Å²) in [5.74, 6) is 1.89. The number of hydrogen-bond donors (Lipinski definition) is 1. The summed E-state index contributed by atoms with van der Waals surface area (Å²) >= 11 is 3.43. The van der Waals surface area contributed by atoms with Crippen molar-refractivity contribution in [2.24, 2.45) is 0 Å². The highest BCUT2D eigenvalue weighted by molar-refractivity contribution is 9.10. The molecule has 3 nitrogen and oxygen atoms in total. The molecule has 1 aromatic heterocycles. The number of furan rings is 1. The fourth-order valence-corrected chi connectivity index (χ4v) is 2.33. The molecular formula is C17H22BrNO2. The monoisotopic (exact) mass is 351 g/mol. The molecule has 0 aliphatic rings. The van der Waals surface area contributed by atoms with Gasteiger partial charge in [-0.05, 0) is 49.2 Å². The largest absolute Gasteiger partial charge is 0.462 e. The zero-order valence-electron chi connectivity index (χ0n) is 12.6. The van der Waals surface area contributed by atoms with Crippen molar-refractivity contribution in [3.05, 3.63) is 57.5 Å². The lowest BCUT2D eigenvalue weighted by Crippen LogP contribution is -2.13. The quantitative estimate of drug-likeness (QED) is 0.707. The fourth-order valence-electron chi connectivity index (χ4n) is 2.07. The van der Waals surface area contributed by atoms with Gasteiger partial charge in [0, 0.05) is 4.47 Å². The van der Waals surface area contributed by atoms with Crippen molar-refractivity contribution >= 4 is 15.9 Å². The fraction of sp³-hybridized carbons (Fsp3) is 0.412.